The summed E-state index contributed by atoms with van der Waals surface area (Å²) in [6.45, 7) is 5.33. The van der Waals surface area contributed by atoms with Crippen molar-refractivity contribution in [2.24, 2.45) is 5.10 Å². The Morgan fingerprint density at radius 3 is 2.33 bits per heavy atom. The summed E-state index contributed by atoms with van der Waals surface area (Å²) < 4.78 is 28.9. The Balaban J connectivity index is 2.01. The first-order chi connectivity index (χ1) is 15.5. The second kappa shape index (κ2) is 9.78. The molecule has 0 aromatic heterocycles. The molecule has 0 heterocycles. The van der Waals surface area contributed by atoms with Crippen LogP contribution in [0.4, 0.5) is 17.1 Å². The van der Waals surface area contributed by atoms with Crippen LogP contribution in [0.2, 0.25) is 10.0 Å². The van der Waals surface area contributed by atoms with Crippen molar-refractivity contribution in [3.63, 3.8) is 0 Å². The molecule has 0 saturated carbocycles. The number of rotatable bonds is 7. The second-order valence-electron chi connectivity index (χ2n) is 7.29. The van der Waals surface area contributed by atoms with Gasteiger partial charge >= 0.3 is 0 Å². The smallest absolute Gasteiger partial charge is 0.270 e. The van der Waals surface area contributed by atoms with E-state index in [1.165, 1.54) is 12.1 Å². The summed E-state index contributed by atoms with van der Waals surface area (Å²) in [5.41, 5.74) is 5.48. The number of nitrogens with one attached hydrogen (secondary N) is 2. The van der Waals surface area contributed by atoms with Crippen LogP contribution in [-0.4, -0.2) is 19.1 Å². The third kappa shape index (κ3) is 5.81. The molecule has 3 aromatic carbocycles. The van der Waals surface area contributed by atoms with Gasteiger partial charge in [-0.1, -0.05) is 47.0 Å². The normalized spacial score (nSPS) is 11.8. The largest absolute Gasteiger partial charge is 0.279 e. The zero-order valence-corrected chi connectivity index (χ0v) is 20.2. The highest BCUT2D eigenvalue weighted by Crippen LogP contribution is 2.30. The number of nitro benzene ring substituents is 1. The molecule has 3 rings (SSSR count). The summed E-state index contributed by atoms with van der Waals surface area (Å²) in [7, 11) is -4.19. The predicted octanol–water partition coefficient (Wildman–Crippen LogP) is 6.16. The number of hydrogen-bond donors (Lipinski definition) is 2. The molecule has 0 aliphatic heterocycles. The maximum atomic E-state index is 13.2. The molecule has 0 aliphatic rings. The van der Waals surface area contributed by atoms with Crippen LogP contribution in [0.1, 0.15) is 23.6 Å². The molecule has 0 spiro atoms. The molecule has 3 aromatic rings. The number of halogens is 2. The first-order valence-electron chi connectivity index (χ1n) is 9.62. The minimum absolute atomic E-state index is 0.0577. The Kier molecular flexibility index (Phi) is 7.26. The highest BCUT2D eigenvalue weighted by atomic mass is 35.5. The lowest BCUT2D eigenvalue weighted by Gasteiger charge is -2.14. The highest BCUT2D eigenvalue weighted by molar-refractivity contribution is 7.92. The number of hydrogen-bond acceptors (Lipinski definition) is 6. The van der Waals surface area contributed by atoms with Gasteiger partial charge in [-0.2, -0.15) is 5.10 Å². The molecule has 0 radical (unpaired) electrons. The van der Waals surface area contributed by atoms with Crippen molar-refractivity contribution in [3.05, 3.63) is 91.4 Å². The van der Waals surface area contributed by atoms with Crippen molar-refractivity contribution in [1.82, 2.24) is 0 Å². The molecule has 0 aliphatic carbocycles. The lowest BCUT2D eigenvalue weighted by atomic mass is 10.1. The van der Waals surface area contributed by atoms with E-state index in [2.05, 4.69) is 15.2 Å². The summed E-state index contributed by atoms with van der Waals surface area (Å²) in [6.07, 6.45) is 0. The van der Waals surface area contributed by atoms with Crippen molar-refractivity contribution < 1.29 is 13.3 Å². The van der Waals surface area contributed by atoms with Crippen LogP contribution in [0.15, 0.2) is 64.6 Å². The van der Waals surface area contributed by atoms with Gasteiger partial charge in [0, 0.05) is 22.7 Å². The molecule has 11 heteroatoms. The molecule has 0 bridgehead atoms. The van der Waals surface area contributed by atoms with Crippen molar-refractivity contribution in [1.29, 1.82) is 0 Å². The summed E-state index contributed by atoms with van der Waals surface area (Å²) in [6, 6.07) is 13.6. The predicted molar refractivity (Wildman–Crippen MR) is 132 cm³/mol. The minimum Gasteiger partial charge on any atom is -0.279 e. The minimum atomic E-state index is -4.19. The molecular weight excluding hydrogens is 487 g/mol. The van der Waals surface area contributed by atoms with Gasteiger partial charge in [0.1, 0.15) is 4.90 Å². The molecule has 172 valence electrons. The molecule has 33 heavy (non-hydrogen) atoms. The highest BCUT2D eigenvalue weighted by Gasteiger charge is 2.23. The number of nitro groups is 1. The quantitative estimate of drug-likeness (QED) is 0.226. The molecule has 2 N–H and O–H groups in total. The molecule has 0 saturated heterocycles. The average molecular weight is 507 g/mol. The van der Waals surface area contributed by atoms with E-state index < -0.39 is 14.9 Å². The zero-order valence-electron chi connectivity index (χ0n) is 17.9. The van der Waals surface area contributed by atoms with Gasteiger partial charge in [-0.3, -0.25) is 20.3 Å². The van der Waals surface area contributed by atoms with E-state index in [-0.39, 0.29) is 16.3 Å². The topological polar surface area (TPSA) is 114 Å². The first-order valence-corrected chi connectivity index (χ1v) is 11.9. The van der Waals surface area contributed by atoms with Gasteiger partial charge in [0.05, 0.1) is 27.0 Å². The van der Waals surface area contributed by atoms with Crippen molar-refractivity contribution in [2.75, 3.05) is 10.1 Å². The fourth-order valence-electron chi connectivity index (χ4n) is 3.05. The number of anilines is 2. The van der Waals surface area contributed by atoms with E-state index in [1.54, 1.807) is 44.2 Å². The Bertz CT molecular complexity index is 1370. The van der Waals surface area contributed by atoms with Crippen LogP contribution >= 0.6 is 23.2 Å². The standard InChI is InChI=1S/C22H20Cl2N4O4S/c1-13-4-8-20(14(2)10-13)27-33(31,32)22-12-17(28(29)30)6-9-21(22)26-25-15(3)18-7-5-16(23)11-19(18)24/h4-12,26-27H,1-3H3/b25-15+. The van der Waals surface area contributed by atoms with Gasteiger partial charge in [0.2, 0.25) is 0 Å². The van der Waals surface area contributed by atoms with Crippen LogP contribution in [0.5, 0.6) is 0 Å². The van der Waals surface area contributed by atoms with Gasteiger partial charge in [0.25, 0.3) is 15.7 Å². The van der Waals surface area contributed by atoms with Gasteiger partial charge < -0.3 is 0 Å². The summed E-state index contributed by atoms with van der Waals surface area (Å²) in [5.74, 6) is 0. The Morgan fingerprint density at radius 1 is 1.00 bits per heavy atom. The van der Waals surface area contributed by atoms with Gasteiger partial charge in [-0.25, -0.2) is 8.42 Å². The van der Waals surface area contributed by atoms with Gasteiger partial charge in [-0.05, 0) is 50.6 Å². The van der Waals surface area contributed by atoms with Crippen LogP contribution < -0.4 is 10.1 Å². The van der Waals surface area contributed by atoms with Crippen molar-refractivity contribution in [3.8, 4) is 0 Å². The van der Waals surface area contributed by atoms with Crippen LogP contribution in [-0.2, 0) is 10.0 Å². The number of sulfonamides is 1. The SMILES string of the molecule is C/C(=N\Nc1ccc([N+](=O)[O-])cc1S(=O)(=O)Nc1ccc(C)cc1C)c1ccc(Cl)cc1Cl. The maximum absolute atomic E-state index is 13.2. The molecule has 0 amide bonds. The zero-order chi connectivity index (χ0) is 24.3. The van der Waals surface area contributed by atoms with Crippen LogP contribution in [0, 0.1) is 24.0 Å². The monoisotopic (exact) mass is 506 g/mol. The van der Waals surface area contributed by atoms with E-state index in [4.69, 9.17) is 23.2 Å². The number of nitrogens with zero attached hydrogens (tertiary/aromatic N) is 2. The molecular formula is C22H20Cl2N4O4S. The van der Waals surface area contributed by atoms with E-state index in [1.807, 2.05) is 13.0 Å². The number of benzene rings is 3. The van der Waals surface area contributed by atoms with E-state index in [9.17, 15) is 18.5 Å². The average Bonchev–Trinajstić information content (AvgIpc) is 2.73. The van der Waals surface area contributed by atoms with E-state index in [0.29, 0.717) is 32.6 Å². The van der Waals surface area contributed by atoms with Crippen molar-refractivity contribution in [2.45, 2.75) is 25.7 Å². The summed E-state index contributed by atoms with van der Waals surface area (Å²) in [5, 5.41) is 16.3. The summed E-state index contributed by atoms with van der Waals surface area (Å²) in [4.78, 5) is 10.3. The van der Waals surface area contributed by atoms with E-state index in [0.717, 1.165) is 11.6 Å². The van der Waals surface area contributed by atoms with Gasteiger partial charge in [0.15, 0.2) is 0 Å². The van der Waals surface area contributed by atoms with Crippen LogP contribution in [0.3, 0.4) is 0 Å². The lowest BCUT2D eigenvalue weighted by Crippen LogP contribution is -2.16. The van der Waals surface area contributed by atoms with E-state index >= 15 is 0 Å². The maximum Gasteiger partial charge on any atom is 0.270 e. The third-order valence-electron chi connectivity index (χ3n) is 4.76. The number of non-ortho nitro benzene ring substituents is 1. The van der Waals surface area contributed by atoms with Crippen LogP contribution in [0.25, 0.3) is 0 Å². The molecule has 0 fully saturated rings. The Hall–Kier alpha value is -3.14. The van der Waals surface area contributed by atoms with Crippen molar-refractivity contribution >= 4 is 56.0 Å². The second-order valence-corrected chi connectivity index (χ2v) is 9.79. The fraction of sp³-hybridized carbons (Fsp3) is 0.136. The Morgan fingerprint density at radius 2 is 1.70 bits per heavy atom. The number of hydrazone groups is 1. The molecule has 0 atom stereocenters. The fourth-order valence-corrected chi connectivity index (χ4v) is 4.91. The lowest BCUT2D eigenvalue weighted by molar-refractivity contribution is -0.385. The molecule has 0 unspecified atom stereocenters. The Labute approximate surface area is 201 Å². The third-order valence-corrected chi connectivity index (χ3v) is 6.71. The first kappa shape index (κ1) is 24.5. The van der Waals surface area contributed by atoms with Gasteiger partial charge in [-0.15, -0.1) is 0 Å². The number of aryl methyl sites for hydroxylation is 2. The molecule has 8 nitrogen and oxygen atoms in total. The summed E-state index contributed by atoms with van der Waals surface area (Å²) >= 11 is 12.1.